The van der Waals surface area contributed by atoms with Gasteiger partial charge >= 0.3 is 6.03 Å². The second kappa shape index (κ2) is 8.48. The van der Waals surface area contributed by atoms with Crippen molar-refractivity contribution in [2.45, 2.75) is 24.7 Å². The number of benzene rings is 1. The molecule has 1 aliphatic heterocycles. The molecule has 0 unspecified atom stereocenters. The molecule has 4 N–H and O–H groups in total. The molecule has 0 aliphatic carbocycles. The first kappa shape index (κ1) is 19.3. The lowest BCUT2D eigenvalue weighted by molar-refractivity contribution is -0.0227. The number of carbonyl (C=O) groups is 1. The fourth-order valence-electron chi connectivity index (χ4n) is 2.61. The predicted molar refractivity (Wildman–Crippen MR) is 97.4 cm³/mol. The topological polar surface area (TPSA) is 135 Å². The highest BCUT2D eigenvalue weighted by atomic mass is 32.1. The number of ether oxygens (including phenoxy) is 3. The zero-order chi connectivity index (χ0) is 19.4. The standard InChI is InChI=1S/C16H20N4O6S/c1-24-9-3-8(4-10(5-9)25-2)17-15(23)18-16-20-19-14(27-16)12-6-11(22)13(7-21)26-12/h3-5,11-13,21-22H,6-7H2,1-2H3,(H2,17,18,20,23)/t11-,12+,13+/m0/s1. The second-order valence-electron chi connectivity index (χ2n) is 5.77. The van der Waals surface area contributed by atoms with Crippen molar-refractivity contribution in [2.24, 2.45) is 0 Å². The van der Waals surface area contributed by atoms with E-state index >= 15 is 0 Å². The predicted octanol–water partition coefficient (Wildman–Crippen LogP) is 1.38. The molecule has 0 spiro atoms. The molecule has 2 heterocycles. The Labute approximate surface area is 159 Å². The summed E-state index contributed by atoms with van der Waals surface area (Å²) in [6, 6.07) is 4.48. The van der Waals surface area contributed by atoms with E-state index in [4.69, 9.17) is 19.3 Å². The van der Waals surface area contributed by atoms with Gasteiger partial charge in [-0.25, -0.2) is 4.79 Å². The van der Waals surface area contributed by atoms with Crippen molar-refractivity contribution in [1.29, 1.82) is 0 Å². The van der Waals surface area contributed by atoms with E-state index in [1.807, 2.05) is 0 Å². The maximum absolute atomic E-state index is 12.2. The van der Waals surface area contributed by atoms with Crippen LogP contribution in [0, 0.1) is 0 Å². The average Bonchev–Trinajstić information content (AvgIpc) is 3.27. The number of hydrogen-bond donors (Lipinski definition) is 4. The number of urea groups is 1. The Morgan fingerprint density at radius 1 is 1.26 bits per heavy atom. The number of rotatable bonds is 6. The third-order valence-electron chi connectivity index (χ3n) is 3.95. The van der Waals surface area contributed by atoms with Gasteiger partial charge in [0.25, 0.3) is 0 Å². The molecule has 27 heavy (non-hydrogen) atoms. The molecule has 2 amide bonds. The largest absolute Gasteiger partial charge is 0.497 e. The minimum atomic E-state index is -0.758. The minimum absolute atomic E-state index is 0.270. The van der Waals surface area contributed by atoms with Crippen LogP contribution < -0.4 is 20.1 Å². The third kappa shape index (κ3) is 4.63. The van der Waals surface area contributed by atoms with Crippen LogP contribution in [0.4, 0.5) is 15.6 Å². The molecule has 1 aliphatic rings. The van der Waals surface area contributed by atoms with Crippen LogP contribution >= 0.6 is 11.3 Å². The number of nitrogens with one attached hydrogen (secondary N) is 2. The van der Waals surface area contributed by atoms with Crippen LogP contribution in [0.3, 0.4) is 0 Å². The summed E-state index contributed by atoms with van der Waals surface area (Å²) in [5.41, 5.74) is 0.487. The molecule has 10 nitrogen and oxygen atoms in total. The monoisotopic (exact) mass is 396 g/mol. The van der Waals surface area contributed by atoms with Gasteiger partial charge in [-0.05, 0) is 0 Å². The number of carbonyl (C=O) groups excluding carboxylic acids is 1. The van der Waals surface area contributed by atoms with Gasteiger partial charge in [0, 0.05) is 30.3 Å². The molecule has 0 saturated carbocycles. The molecule has 0 bridgehead atoms. The fourth-order valence-corrected chi connectivity index (χ4v) is 3.39. The van der Waals surface area contributed by atoms with Gasteiger partial charge in [0.15, 0.2) is 0 Å². The van der Waals surface area contributed by atoms with E-state index in [0.717, 1.165) is 11.3 Å². The van der Waals surface area contributed by atoms with Crippen LogP contribution in [0.1, 0.15) is 17.5 Å². The molecular weight excluding hydrogens is 376 g/mol. The molecular formula is C16H20N4O6S. The first-order chi connectivity index (χ1) is 13.0. The molecule has 11 heteroatoms. The summed E-state index contributed by atoms with van der Waals surface area (Å²) in [4.78, 5) is 12.2. The summed E-state index contributed by atoms with van der Waals surface area (Å²) >= 11 is 1.14. The van der Waals surface area contributed by atoms with Crippen LogP contribution in [0.25, 0.3) is 0 Å². The zero-order valence-corrected chi connectivity index (χ0v) is 15.5. The Hall–Kier alpha value is -2.47. The minimum Gasteiger partial charge on any atom is -0.497 e. The molecule has 1 saturated heterocycles. The summed E-state index contributed by atoms with van der Waals surface area (Å²) in [5, 5.41) is 32.9. The maximum atomic E-state index is 12.2. The maximum Gasteiger partial charge on any atom is 0.325 e. The van der Waals surface area contributed by atoms with Crippen molar-refractivity contribution in [1.82, 2.24) is 10.2 Å². The van der Waals surface area contributed by atoms with Crippen molar-refractivity contribution in [3.63, 3.8) is 0 Å². The number of aliphatic hydroxyl groups excluding tert-OH is 2. The number of methoxy groups -OCH3 is 2. The summed E-state index contributed by atoms with van der Waals surface area (Å²) in [7, 11) is 3.04. The van der Waals surface area contributed by atoms with E-state index in [2.05, 4.69) is 20.8 Å². The number of aromatic nitrogens is 2. The van der Waals surface area contributed by atoms with E-state index in [-0.39, 0.29) is 11.7 Å². The second-order valence-corrected chi connectivity index (χ2v) is 6.78. The van der Waals surface area contributed by atoms with Gasteiger partial charge in [-0.15, -0.1) is 10.2 Å². The SMILES string of the molecule is COc1cc(NC(=O)Nc2nnc([C@H]3C[C@H](O)[C@@H](CO)O3)s2)cc(OC)c1. The highest BCUT2D eigenvalue weighted by molar-refractivity contribution is 7.15. The Morgan fingerprint density at radius 2 is 1.96 bits per heavy atom. The van der Waals surface area contributed by atoms with Crippen molar-refractivity contribution in [3.8, 4) is 11.5 Å². The highest BCUT2D eigenvalue weighted by Crippen LogP contribution is 2.35. The van der Waals surface area contributed by atoms with Crippen molar-refractivity contribution < 1.29 is 29.2 Å². The van der Waals surface area contributed by atoms with Crippen molar-refractivity contribution >= 4 is 28.2 Å². The Kier molecular flexibility index (Phi) is 6.06. The zero-order valence-electron chi connectivity index (χ0n) is 14.7. The van der Waals surface area contributed by atoms with Gasteiger partial charge in [-0.1, -0.05) is 11.3 Å². The molecule has 3 atom stereocenters. The lowest BCUT2D eigenvalue weighted by atomic mass is 10.1. The van der Waals surface area contributed by atoms with E-state index < -0.39 is 24.3 Å². The van der Waals surface area contributed by atoms with Crippen LogP contribution in [0.5, 0.6) is 11.5 Å². The quantitative estimate of drug-likeness (QED) is 0.575. The lowest BCUT2D eigenvalue weighted by Gasteiger charge is -2.10. The molecule has 3 rings (SSSR count). The van der Waals surface area contributed by atoms with Gasteiger partial charge in [0.05, 0.1) is 26.9 Å². The Bertz CT molecular complexity index is 779. The molecule has 2 aromatic rings. The summed E-state index contributed by atoms with van der Waals surface area (Å²) < 4.78 is 15.8. The number of anilines is 2. The smallest absolute Gasteiger partial charge is 0.325 e. The number of aliphatic hydroxyl groups is 2. The molecule has 146 valence electrons. The van der Waals surface area contributed by atoms with Gasteiger partial charge < -0.3 is 29.7 Å². The van der Waals surface area contributed by atoms with Crippen molar-refractivity contribution in [2.75, 3.05) is 31.5 Å². The van der Waals surface area contributed by atoms with Crippen LogP contribution in [-0.2, 0) is 4.74 Å². The number of amides is 2. The summed E-state index contributed by atoms with van der Waals surface area (Å²) in [6.45, 7) is -0.270. The fraction of sp³-hybridized carbons (Fsp3) is 0.438. The van der Waals surface area contributed by atoms with E-state index in [1.165, 1.54) is 14.2 Å². The Morgan fingerprint density at radius 3 is 2.56 bits per heavy atom. The summed E-state index contributed by atoms with van der Waals surface area (Å²) in [6.07, 6.45) is -1.54. The number of nitrogens with zero attached hydrogens (tertiary/aromatic N) is 2. The number of hydrogen-bond acceptors (Lipinski definition) is 9. The van der Waals surface area contributed by atoms with Gasteiger partial charge in [-0.2, -0.15) is 0 Å². The first-order valence-corrected chi connectivity index (χ1v) is 8.93. The van der Waals surface area contributed by atoms with Crippen LogP contribution in [0.2, 0.25) is 0 Å². The average molecular weight is 396 g/mol. The van der Waals surface area contributed by atoms with Gasteiger partial charge in [0.2, 0.25) is 5.13 Å². The molecule has 1 aromatic heterocycles. The molecule has 1 aromatic carbocycles. The summed E-state index contributed by atoms with van der Waals surface area (Å²) in [5.74, 6) is 1.08. The lowest BCUT2D eigenvalue weighted by Crippen LogP contribution is -2.24. The normalized spacial score (nSPS) is 21.7. The first-order valence-electron chi connectivity index (χ1n) is 8.11. The molecule has 1 fully saturated rings. The highest BCUT2D eigenvalue weighted by Gasteiger charge is 2.36. The van der Waals surface area contributed by atoms with Gasteiger partial charge in [0.1, 0.15) is 28.7 Å². The van der Waals surface area contributed by atoms with Crippen molar-refractivity contribution in [3.05, 3.63) is 23.2 Å². The Balaban J connectivity index is 1.62. The van der Waals surface area contributed by atoms with E-state index in [9.17, 15) is 9.90 Å². The van der Waals surface area contributed by atoms with Crippen LogP contribution in [0.15, 0.2) is 18.2 Å². The third-order valence-corrected chi connectivity index (χ3v) is 4.88. The van der Waals surface area contributed by atoms with Crippen LogP contribution in [-0.4, -0.2) is 59.5 Å². The van der Waals surface area contributed by atoms with E-state index in [0.29, 0.717) is 28.6 Å². The molecule has 0 radical (unpaired) electrons. The van der Waals surface area contributed by atoms with E-state index in [1.54, 1.807) is 18.2 Å². The van der Waals surface area contributed by atoms with Gasteiger partial charge in [-0.3, -0.25) is 5.32 Å².